The van der Waals surface area contributed by atoms with Gasteiger partial charge in [0.25, 0.3) is 0 Å². The van der Waals surface area contributed by atoms with Crippen molar-refractivity contribution in [1.29, 1.82) is 0 Å². The number of nitrogens with one attached hydrogen (secondary N) is 1. The fourth-order valence-electron chi connectivity index (χ4n) is 4.45. The van der Waals surface area contributed by atoms with Crippen LogP contribution < -0.4 is 14.8 Å². The second-order valence-electron chi connectivity index (χ2n) is 8.27. The van der Waals surface area contributed by atoms with Crippen LogP contribution in [0, 0.1) is 11.3 Å². The van der Waals surface area contributed by atoms with Crippen LogP contribution in [-0.4, -0.2) is 32.6 Å². The van der Waals surface area contributed by atoms with Crippen molar-refractivity contribution >= 4 is 11.8 Å². The Morgan fingerprint density at radius 3 is 2.59 bits per heavy atom. The van der Waals surface area contributed by atoms with Gasteiger partial charge in [0, 0.05) is 34.9 Å². The molecule has 0 amide bonds. The number of Topliss-reactive ketones (excluding diaryl/α,β-unsaturated/α-hetero) is 1. The third-order valence-electron chi connectivity index (χ3n) is 5.56. The van der Waals surface area contributed by atoms with Crippen molar-refractivity contribution in [1.82, 2.24) is 5.32 Å². The first-order chi connectivity index (χ1) is 13.7. The van der Waals surface area contributed by atoms with E-state index in [1.807, 2.05) is 12.1 Å². The maximum atomic E-state index is 13.3. The molecule has 2 unspecified atom stereocenters. The molecule has 1 N–H and O–H groups in total. The molecular weight excluding hydrogens is 370 g/mol. The molecule has 2 aliphatic rings. The van der Waals surface area contributed by atoms with E-state index in [-0.39, 0.29) is 17.8 Å². The second-order valence-corrected chi connectivity index (χ2v) is 8.27. The first kappa shape index (κ1) is 21.0. The topological polar surface area (TPSA) is 73.9 Å². The largest absolute Gasteiger partial charge is 0.493 e. The third kappa shape index (κ3) is 3.76. The molecular formula is C23H29NO5. The molecule has 0 spiro atoms. The Bertz CT molecular complexity index is 883. The van der Waals surface area contributed by atoms with Gasteiger partial charge in [-0.05, 0) is 24.8 Å². The third-order valence-corrected chi connectivity index (χ3v) is 5.56. The quantitative estimate of drug-likeness (QED) is 0.761. The number of ether oxygens (including phenoxy) is 3. The van der Waals surface area contributed by atoms with Crippen LogP contribution in [0.25, 0.3) is 0 Å². The monoisotopic (exact) mass is 399 g/mol. The number of carbonyl (C=O) groups excluding carboxylic acids is 2. The Morgan fingerprint density at radius 2 is 1.97 bits per heavy atom. The van der Waals surface area contributed by atoms with E-state index >= 15 is 0 Å². The summed E-state index contributed by atoms with van der Waals surface area (Å²) in [4.78, 5) is 26.2. The van der Waals surface area contributed by atoms with Crippen LogP contribution in [0.4, 0.5) is 0 Å². The average Bonchev–Trinajstić information content (AvgIpc) is 2.65. The van der Waals surface area contributed by atoms with Gasteiger partial charge in [0.1, 0.15) is 5.92 Å². The fraction of sp³-hybridized carbons (Fsp3) is 0.478. The molecule has 0 aromatic heterocycles. The number of ketones is 1. The van der Waals surface area contributed by atoms with Crippen molar-refractivity contribution in [2.24, 2.45) is 11.3 Å². The number of methoxy groups -OCH3 is 2. The van der Waals surface area contributed by atoms with Crippen LogP contribution in [-0.2, 0) is 14.3 Å². The summed E-state index contributed by atoms with van der Waals surface area (Å²) < 4.78 is 16.4. The minimum atomic E-state index is -0.736. The highest BCUT2D eigenvalue weighted by molar-refractivity contribution is 6.01. The predicted octanol–water partition coefficient (Wildman–Crippen LogP) is 3.73. The molecule has 2 atom stereocenters. The lowest BCUT2D eigenvalue weighted by Crippen LogP contribution is -2.43. The minimum Gasteiger partial charge on any atom is -0.493 e. The Morgan fingerprint density at radius 1 is 1.24 bits per heavy atom. The highest BCUT2D eigenvalue weighted by atomic mass is 16.5. The summed E-state index contributed by atoms with van der Waals surface area (Å²) in [5.74, 6) is -0.619. The van der Waals surface area contributed by atoms with Crippen molar-refractivity contribution in [3.8, 4) is 11.5 Å². The van der Waals surface area contributed by atoms with E-state index in [1.54, 1.807) is 27.2 Å². The van der Waals surface area contributed by atoms with Crippen molar-refractivity contribution < 1.29 is 23.8 Å². The zero-order chi connectivity index (χ0) is 21.3. The first-order valence-corrected chi connectivity index (χ1v) is 9.83. The molecule has 156 valence electrons. The van der Waals surface area contributed by atoms with Gasteiger partial charge in [0.2, 0.25) is 0 Å². The van der Waals surface area contributed by atoms with Crippen LogP contribution in [0.5, 0.6) is 11.5 Å². The van der Waals surface area contributed by atoms with Crippen molar-refractivity contribution in [2.75, 3.05) is 20.8 Å². The van der Waals surface area contributed by atoms with Gasteiger partial charge < -0.3 is 19.5 Å². The number of benzene rings is 1. The summed E-state index contributed by atoms with van der Waals surface area (Å²) in [6.07, 6.45) is 1.11. The lowest BCUT2D eigenvalue weighted by Gasteiger charge is -2.42. The molecule has 0 fully saturated rings. The van der Waals surface area contributed by atoms with Gasteiger partial charge in [0.15, 0.2) is 17.3 Å². The van der Waals surface area contributed by atoms with E-state index < -0.39 is 17.8 Å². The van der Waals surface area contributed by atoms with Gasteiger partial charge in [-0.2, -0.15) is 0 Å². The molecule has 1 aromatic carbocycles. The van der Waals surface area contributed by atoms with E-state index in [2.05, 4.69) is 25.7 Å². The zero-order valence-electron chi connectivity index (χ0n) is 17.8. The summed E-state index contributed by atoms with van der Waals surface area (Å²) in [6, 6.07) is 5.49. The SMILES string of the molecule is C=C1NC2=C(C(=O)CC(C)(C)C2)C(c2cccc(OC)c2OC)C1C(=O)OCC. The number of hydrogen-bond acceptors (Lipinski definition) is 6. The molecule has 0 saturated heterocycles. The number of hydrogen-bond donors (Lipinski definition) is 1. The van der Waals surface area contributed by atoms with Gasteiger partial charge in [-0.15, -0.1) is 0 Å². The van der Waals surface area contributed by atoms with E-state index in [9.17, 15) is 9.59 Å². The zero-order valence-corrected chi connectivity index (χ0v) is 17.8. The lowest BCUT2D eigenvalue weighted by atomic mass is 9.66. The van der Waals surface area contributed by atoms with Gasteiger partial charge in [-0.25, -0.2) is 0 Å². The standard InChI is InChI=1S/C23H29NO5/c1-7-29-22(26)18-13(2)24-15-11-23(3,4)12-16(25)20(15)19(18)14-9-8-10-17(27-5)21(14)28-6/h8-10,18-19,24H,2,7,11-12H2,1,3-6H3. The van der Waals surface area contributed by atoms with Crippen LogP contribution >= 0.6 is 0 Å². The van der Waals surface area contributed by atoms with Crippen molar-refractivity contribution in [3.63, 3.8) is 0 Å². The number of allylic oxidation sites excluding steroid dienone is 2. The van der Waals surface area contributed by atoms with Crippen LogP contribution in [0.2, 0.25) is 0 Å². The van der Waals surface area contributed by atoms with Gasteiger partial charge in [-0.3, -0.25) is 9.59 Å². The highest BCUT2D eigenvalue weighted by Crippen LogP contribution is 2.51. The Kier molecular flexibility index (Phi) is 5.73. The van der Waals surface area contributed by atoms with Gasteiger partial charge in [-0.1, -0.05) is 32.6 Å². The summed E-state index contributed by atoms with van der Waals surface area (Å²) in [5, 5.41) is 3.25. The maximum Gasteiger partial charge on any atom is 0.315 e. The van der Waals surface area contributed by atoms with E-state index in [1.165, 1.54) is 0 Å². The van der Waals surface area contributed by atoms with E-state index in [0.717, 1.165) is 5.70 Å². The molecule has 29 heavy (non-hydrogen) atoms. The summed E-state index contributed by atoms with van der Waals surface area (Å²) >= 11 is 0. The normalized spacial score (nSPS) is 23.2. The van der Waals surface area contributed by atoms with Crippen LogP contribution in [0.1, 0.15) is 45.1 Å². The Labute approximate surface area is 171 Å². The smallest absolute Gasteiger partial charge is 0.315 e. The summed E-state index contributed by atoms with van der Waals surface area (Å²) in [7, 11) is 3.11. The molecule has 6 heteroatoms. The summed E-state index contributed by atoms with van der Waals surface area (Å²) in [5.41, 5.74) is 2.52. The molecule has 0 bridgehead atoms. The maximum absolute atomic E-state index is 13.3. The van der Waals surface area contributed by atoms with Crippen molar-refractivity contribution in [2.45, 2.75) is 39.5 Å². The van der Waals surface area contributed by atoms with Crippen LogP contribution in [0.3, 0.4) is 0 Å². The first-order valence-electron chi connectivity index (χ1n) is 9.83. The number of esters is 1. The minimum absolute atomic E-state index is 0.0282. The predicted molar refractivity (Wildman–Crippen MR) is 110 cm³/mol. The number of para-hydroxylation sites is 1. The van der Waals surface area contributed by atoms with Crippen LogP contribution in [0.15, 0.2) is 41.7 Å². The Balaban J connectivity index is 2.25. The second kappa shape index (κ2) is 7.93. The average molecular weight is 399 g/mol. The number of carbonyl (C=O) groups is 2. The lowest BCUT2D eigenvalue weighted by molar-refractivity contribution is -0.147. The molecule has 3 rings (SSSR count). The Hall–Kier alpha value is -2.76. The molecule has 1 aliphatic heterocycles. The molecule has 1 aromatic rings. The van der Waals surface area contributed by atoms with Crippen molar-refractivity contribution in [3.05, 3.63) is 47.3 Å². The van der Waals surface area contributed by atoms with Gasteiger partial charge in [0.05, 0.1) is 20.8 Å². The molecule has 0 radical (unpaired) electrons. The molecule has 1 aliphatic carbocycles. The van der Waals surface area contributed by atoms with E-state index in [4.69, 9.17) is 14.2 Å². The van der Waals surface area contributed by atoms with Gasteiger partial charge >= 0.3 is 5.97 Å². The molecule has 1 heterocycles. The van der Waals surface area contributed by atoms with E-state index in [0.29, 0.717) is 41.2 Å². The summed E-state index contributed by atoms with van der Waals surface area (Å²) in [6.45, 7) is 10.2. The molecule has 0 saturated carbocycles. The number of rotatable bonds is 5. The molecule has 6 nitrogen and oxygen atoms in total. The highest BCUT2D eigenvalue weighted by Gasteiger charge is 2.47. The fourth-order valence-corrected chi connectivity index (χ4v) is 4.45.